The lowest BCUT2D eigenvalue weighted by Gasteiger charge is -2.14. The van der Waals surface area contributed by atoms with Crippen LogP contribution in [-0.2, 0) is 9.47 Å². The molecule has 0 aromatic heterocycles. The van der Waals surface area contributed by atoms with Gasteiger partial charge in [-0.15, -0.1) is 0 Å². The molecule has 0 aromatic rings. The molecule has 0 amide bonds. The minimum atomic E-state index is 0.713. The number of rotatable bonds is 10. The van der Waals surface area contributed by atoms with Gasteiger partial charge in [0.15, 0.2) is 0 Å². The van der Waals surface area contributed by atoms with E-state index in [1.165, 1.54) is 32.1 Å². The van der Waals surface area contributed by atoms with Crippen LogP contribution in [0.3, 0.4) is 0 Å². The summed E-state index contributed by atoms with van der Waals surface area (Å²) in [6.45, 7) is 7.65. The van der Waals surface area contributed by atoms with Crippen molar-refractivity contribution < 1.29 is 9.47 Å². The summed E-state index contributed by atoms with van der Waals surface area (Å²) in [4.78, 5) is 0. The minimum absolute atomic E-state index is 0.713. The fraction of sp³-hybridized carbons (Fsp3) is 0.917. The number of ether oxygens (including phenoxy) is 2. The Hall–Kier alpha value is -0.0800. The second-order valence-electron chi connectivity index (χ2n) is 3.40. The van der Waals surface area contributed by atoms with E-state index in [2.05, 4.69) is 6.92 Å². The third-order valence-electron chi connectivity index (χ3n) is 2.10. The van der Waals surface area contributed by atoms with Gasteiger partial charge in [-0.3, -0.25) is 0 Å². The fourth-order valence-corrected chi connectivity index (χ4v) is 1.38. The maximum atomic E-state index is 5.38. The number of unbranched alkanes of at least 4 members (excludes halogenated alkanes) is 4. The van der Waals surface area contributed by atoms with Crippen molar-refractivity contribution in [2.45, 2.75) is 59.3 Å². The van der Waals surface area contributed by atoms with Gasteiger partial charge in [0.1, 0.15) is 0 Å². The van der Waals surface area contributed by atoms with Crippen molar-refractivity contribution in [3.63, 3.8) is 0 Å². The van der Waals surface area contributed by atoms with Gasteiger partial charge in [0.05, 0.1) is 0 Å². The van der Waals surface area contributed by atoms with Crippen LogP contribution < -0.4 is 0 Å². The first-order valence-electron chi connectivity index (χ1n) is 5.96. The van der Waals surface area contributed by atoms with Crippen molar-refractivity contribution in [2.75, 3.05) is 13.2 Å². The minimum Gasteiger partial charge on any atom is -0.346 e. The summed E-state index contributed by atoms with van der Waals surface area (Å²) in [5, 5.41) is 0. The van der Waals surface area contributed by atoms with Gasteiger partial charge in [0, 0.05) is 19.6 Å². The predicted octanol–water partition coefficient (Wildman–Crippen LogP) is 3.91. The van der Waals surface area contributed by atoms with E-state index >= 15 is 0 Å². The lowest BCUT2D eigenvalue weighted by Crippen LogP contribution is -2.08. The second-order valence-corrected chi connectivity index (χ2v) is 3.40. The molecule has 0 aliphatic rings. The van der Waals surface area contributed by atoms with E-state index in [-0.39, 0.29) is 0 Å². The molecule has 14 heavy (non-hydrogen) atoms. The Morgan fingerprint density at radius 2 is 1.36 bits per heavy atom. The predicted molar refractivity (Wildman–Crippen MR) is 59.9 cm³/mol. The summed E-state index contributed by atoms with van der Waals surface area (Å²) < 4.78 is 10.8. The second kappa shape index (κ2) is 11.0. The highest BCUT2D eigenvalue weighted by atomic mass is 16.7. The highest BCUT2D eigenvalue weighted by molar-refractivity contribution is 4.64. The molecule has 0 rings (SSSR count). The molecule has 2 nitrogen and oxygen atoms in total. The molecule has 0 aromatic carbocycles. The molecule has 1 radical (unpaired) electrons. The van der Waals surface area contributed by atoms with Gasteiger partial charge in [-0.05, 0) is 20.3 Å². The largest absolute Gasteiger partial charge is 0.346 e. The molecule has 0 aliphatic heterocycles. The van der Waals surface area contributed by atoms with E-state index in [1.807, 2.05) is 13.8 Å². The fourth-order valence-electron chi connectivity index (χ4n) is 1.38. The Morgan fingerprint density at radius 3 is 1.86 bits per heavy atom. The molecule has 85 valence electrons. The van der Waals surface area contributed by atoms with Crippen molar-refractivity contribution in [3.8, 4) is 0 Å². The molecule has 0 atom stereocenters. The standard InChI is InChI=1S/C12H25O2/c1-4-7-8-9-10-11-12(13-5-2)14-6-3/h4-11H2,1-3H3. The summed E-state index contributed by atoms with van der Waals surface area (Å²) in [6.07, 6.45) is 8.25. The molecular formula is C12H25O2. The van der Waals surface area contributed by atoms with Crippen molar-refractivity contribution in [1.29, 1.82) is 0 Å². The van der Waals surface area contributed by atoms with Crippen LogP contribution in [0.25, 0.3) is 0 Å². The maximum Gasteiger partial charge on any atom is 0.223 e. The molecular weight excluding hydrogens is 176 g/mol. The molecule has 0 heterocycles. The summed E-state index contributed by atoms with van der Waals surface area (Å²) >= 11 is 0. The zero-order valence-corrected chi connectivity index (χ0v) is 9.97. The van der Waals surface area contributed by atoms with E-state index in [9.17, 15) is 0 Å². The Bertz CT molecular complexity index is 98.5. The zero-order chi connectivity index (χ0) is 10.6. The Morgan fingerprint density at radius 1 is 0.786 bits per heavy atom. The molecule has 0 aliphatic carbocycles. The molecule has 0 saturated heterocycles. The Labute approximate surface area is 89.0 Å². The number of hydrogen-bond acceptors (Lipinski definition) is 2. The molecule has 0 fully saturated rings. The van der Waals surface area contributed by atoms with Gasteiger partial charge in [-0.2, -0.15) is 0 Å². The van der Waals surface area contributed by atoms with Crippen molar-refractivity contribution in [3.05, 3.63) is 6.29 Å². The molecule has 0 saturated carbocycles. The summed E-state index contributed by atoms with van der Waals surface area (Å²) in [5.74, 6) is 0. The smallest absolute Gasteiger partial charge is 0.223 e. The average Bonchev–Trinajstić information content (AvgIpc) is 2.18. The van der Waals surface area contributed by atoms with Crippen molar-refractivity contribution in [2.24, 2.45) is 0 Å². The van der Waals surface area contributed by atoms with Crippen LogP contribution in [0.15, 0.2) is 0 Å². The molecule has 2 heteroatoms. The van der Waals surface area contributed by atoms with Crippen LogP contribution in [0.2, 0.25) is 0 Å². The van der Waals surface area contributed by atoms with Crippen LogP contribution >= 0.6 is 0 Å². The molecule has 0 N–H and O–H groups in total. The average molecular weight is 201 g/mol. The van der Waals surface area contributed by atoms with E-state index < -0.39 is 0 Å². The SMILES string of the molecule is CCCCCCC[C](OCC)OCC. The Kier molecular flexibility index (Phi) is 10.9. The highest BCUT2D eigenvalue weighted by Crippen LogP contribution is 2.15. The van der Waals surface area contributed by atoms with Gasteiger partial charge in [0.25, 0.3) is 0 Å². The van der Waals surface area contributed by atoms with Gasteiger partial charge in [-0.25, -0.2) is 0 Å². The molecule has 0 unspecified atom stereocenters. The Balaban J connectivity index is 3.30. The lowest BCUT2D eigenvalue weighted by atomic mass is 10.1. The normalized spacial score (nSPS) is 11.1. The van der Waals surface area contributed by atoms with Crippen molar-refractivity contribution >= 4 is 0 Å². The van der Waals surface area contributed by atoms with Gasteiger partial charge < -0.3 is 9.47 Å². The van der Waals surface area contributed by atoms with Crippen LogP contribution in [0.1, 0.15) is 59.3 Å². The van der Waals surface area contributed by atoms with Gasteiger partial charge in [0.2, 0.25) is 6.29 Å². The topological polar surface area (TPSA) is 18.5 Å². The quantitative estimate of drug-likeness (QED) is 0.499. The zero-order valence-electron chi connectivity index (χ0n) is 9.97. The van der Waals surface area contributed by atoms with Crippen LogP contribution in [0, 0.1) is 6.29 Å². The van der Waals surface area contributed by atoms with Gasteiger partial charge in [-0.1, -0.05) is 32.6 Å². The van der Waals surface area contributed by atoms with E-state index in [0.29, 0.717) is 13.2 Å². The third-order valence-corrected chi connectivity index (χ3v) is 2.10. The monoisotopic (exact) mass is 201 g/mol. The lowest BCUT2D eigenvalue weighted by molar-refractivity contribution is -0.0433. The summed E-state index contributed by atoms with van der Waals surface area (Å²) in [7, 11) is 0. The van der Waals surface area contributed by atoms with E-state index in [4.69, 9.17) is 9.47 Å². The molecule has 0 spiro atoms. The first-order valence-corrected chi connectivity index (χ1v) is 5.96. The maximum absolute atomic E-state index is 5.38. The third kappa shape index (κ3) is 8.52. The van der Waals surface area contributed by atoms with Crippen LogP contribution in [0.5, 0.6) is 0 Å². The molecule has 0 bridgehead atoms. The van der Waals surface area contributed by atoms with E-state index in [1.54, 1.807) is 0 Å². The summed E-state index contributed by atoms with van der Waals surface area (Å²) in [5.41, 5.74) is 0. The van der Waals surface area contributed by atoms with Crippen molar-refractivity contribution in [1.82, 2.24) is 0 Å². The van der Waals surface area contributed by atoms with Crippen LogP contribution in [-0.4, -0.2) is 13.2 Å². The van der Waals surface area contributed by atoms with Gasteiger partial charge >= 0.3 is 0 Å². The number of hydrogen-bond donors (Lipinski definition) is 0. The highest BCUT2D eigenvalue weighted by Gasteiger charge is 2.08. The first kappa shape index (κ1) is 13.9. The summed E-state index contributed by atoms with van der Waals surface area (Å²) in [6, 6.07) is 0. The van der Waals surface area contributed by atoms with Crippen LogP contribution in [0.4, 0.5) is 0 Å². The first-order chi connectivity index (χ1) is 6.85. The van der Waals surface area contributed by atoms with E-state index in [0.717, 1.165) is 12.7 Å².